The zero-order valence-electron chi connectivity index (χ0n) is 9.78. The zero-order chi connectivity index (χ0) is 12.4. The van der Waals surface area contributed by atoms with Gasteiger partial charge in [0.1, 0.15) is 6.61 Å². The summed E-state index contributed by atoms with van der Waals surface area (Å²) < 4.78 is 5.12. The Kier molecular flexibility index (Phi) is 7.00. The van der Waals surface area contributed by atoms with Gasteiger partial charge in [0.25, 0.3) is 5.60 Å². The second-order valence-electron chi connectivity index (χ2n) is 3.61. The number of carbonyl (C=O) groups is 1. The third-order valence-corrected chi connectivity index (χ3v) is 2.24. The monoisotopic (exact) mass is 223 g/mol. The molecule has 0 fully saturated rings. The van der Waals surface area contributed by atoms with Crippen molar-refractivity contribution in [1.82, 2.24) is 0 Å². The molecule has 88 valence electrons. The molecule has 4 nitrogen and oxygen atoms in total. The molecule has 16 heavy (non-hydrogen) atoms. The first-order valence-electron chi connectivity index (χ1n) is 5.31. The Labute approximate surface area is 96.4 Å². The molecule has 0 spiro atoms. The molecule has 0 N–H and O–H groups in total. The van der Waals surface area contributed by atoms with Gasteiger partial charge >= 0.3 is 6.07 Å². The van der Waals surface area contributed by atoms with Crippen LogP contribution in [0.1, 0.15) is 39.5 Å². The molecule has 1 unspecified atom stereocenters. The first-order valence-corrected chi connectivity index (χ1v) is 5.31. The summed E-state index contributed by atoms with van der Waals surface area (Å²) in [6.45, 7) is 3.46. The van der Waals surface area contributed by atoms with Crippen molar-refractivity contribution in [2.45, 2.75) is 45.1 Å². The number of hydrogen-bond donors (Lipinski definition) is 0. The first-order chi connectivity index (χ1) is 7.60. The van der Waals surface area contributed by atoms with Crippen LogP contribution in [0.15, 0.2) is 0 Å². The van der Waals surface area contributed by atoms with Crippen molar-refractivity contribution in [3.05, 3.63) is 10.2 Å². The van der Waals surface area contributed by atoms with Crippen LogP contribution in [0.5, 0.6) is 0 Å². The van der Waals surface area contributed by atoms with Gasteiger partial charge in [-0.15, -0.1) is 6.42 Å². The number of ether oxygens (including phenoxy) is 1. The van der Waals surface area contributed by atoms with Gasteiger partial charge in [0.05, 0.1) is 0 Å². The number of rotatable bonds is 7. The lowest BCUT2D eigenvalue weighted by molar-refractivity contribution is -0.134. The molecule has 0 aromatic carbocycles. The molecule has 0 aliphatic carbocycles. The smallest absolute Gasteiger partial charge is 0.341 e. The zero-order valence-corrected chi connectivity index (χ0v) is 9.78. The molecule has 4 heteroatoms. The van der Waals surface area contributed by atoms with E-state index in [1.165, 1.54) is 6.92 Å². The van der Waals surface area contributed by atoms with E-state index in [0.717, 1.165) is 19.3 Å². The molecule has 0 aliphatic heterocycles. The van der Waals surface area contributed by atoms with Gasteiger partial charge in [0, 0.05) is 11.4 Å². The van der Waals surface area contributed by atoms with Crippen molar-refractivity contribution in [2.75, 3.05) is 6.61 Å². The van der Waals surface area contributed by atoms with Gasteiger partial charge in [0.2, 0.25) is 0 Å². The highest BCUT2D eigenvalue weighted by molar-refractivity contribution is 5.90. The molecule has 0 aromatic rings. The van der Waals surface area contributed by atoms with E-state index >= 15 is 0 Å². The topological polar surface area (TPSA) is 53.7 Å². The van der Waals surface area contributed by atoms with Crippen LogP contribution in [0, 0.1) is 23.6 Å². The maximum absolute atomic E-state index is 11.8. The molecule has 0 rings (SSSR count). The van der Waals surface area contributed by atoms with E-state index in [0.29, 0.717) is 6.42 Å². The summed E-state index contributed by atoms with van der Waals surface area (Å²) in [5.74, 6) is 2.03. The lowest BCUT2D eigenvalue weighted by Gasteiger charge is -2.16. The van der Waals surface area contributed by atoms with Crippen LogP contribution in [0.25, 0.3) is 5.01 Å². The molecule has 0 bridgehead atoms. The van der Waals surface area contributed by atoms with Crippen molar-refractivity contribution in [3.8, 4) is 18.4 Å². The lowest BCUT2D eigenvalue weighted by Crippen LogP contribution is -2.37. The molecular weight excluding hydrogens is 206 g/mol. The number of Topliss-reactive ketones (excluding diaryl/α,β-unsaturated/α-hetero) is 1. The van der Waals surface area contributed by atoms with Crippen molar-refractivity contribution in [1.29, 1.82) is 0 Å². The first kappa shape index (κ1) is 14.5. The normalized spacial score (nSPS) is 13.1. The average Bonchev–Trinajstić information content (AvgIpc) is 2.27. The minimum Gasteiger partial charge on any atom is -0.498 e. The molecule has 0 heterocycles. The third-order valence-electron chi connectivity index (χ3n) is 2.24. The van der Waals surface area contributed by atoms with E-state index in [-0.39, 0.29) is 12.4 Å². The van der Waals surface area contributed by atoms with Gasteiger partial charge in [-0.25, -0.2) is 0 Å². The van der Waals surface area contributed by atoms with Gasteiger partial charge in [0.15, 0.2) is 5.78 Å². The van der Waals surface area contributed by atoms with Crippen LogP contribution < -0.4 is 0 Å². The Morgan fingerprint density at radius 3 is 2.75 bits per heavy atom. The van der Waals surface area contributed by atoms with Crippen LogP contribution >= 0.6 is 0 Å². The maximum Gasteiger partial charge on any atom is 0.341 e. The second kappa shape index (κ2) is 7.73. The lowest BCUT2D eigenvalue weighted by atomic mass is 9.97. The minimum absolute atomic E-state index is 0.0431. The molecule has 0 aliphatic rings. The summed E-state index contributed by atoms with van der Waals surface area (Å²) in [7, 11) is 0. The predicted molar refractivity (Wildman–Crippen MR) is 63.0 cm³/mol. The number of carbonyl (C=O) groups excluding carboxylic acids is 1. The Bertz CT molecular complexity index is 321. The Hall–Kier alpha value is -1.52. The Morgan fingerprint density at radius 2 is 2.25 bits per heavy atom. The van der Waals surface area contributed by atoms with Crippen LogP contribution in [0.2, 0.25) is 0 Å². The van der Waals surface area contributed by atoms with Crippen LogP contribution in [-0.2, 0) is 9.53 Å². The van der Waals surface area contributed by atoms with Crippen LogP contribution in [-0.4, -0.2) is 18.0 Å². The fourth-order valence-corrected chi connectivity index (χ4v) is 1.22. The van der Waals surface area contributed by atoms with E-state index in [2.05, 4.69) is 17.0 Å². The van der Waals surface area contributed by atoms with E-state index in [1.807, 2.05) is 6.92 Å². The molecule has 0 radical (unpaired) electrons. The summed E-state index contributed by atoms with van der Waals surface area (Å²) >= 11 is 0. The SMILES string of the molecule is C#CCOC(C)(C#[N+][O-])C(=O)CCCCC. The van der Waals surface area contributed by atoms with Gasteiger partial charge in [-0.3, -0.25) is 4.79 Å². The highest BCUT2D eigenvalue weighted by atomic mass is 16.5. The van der Waals surface area contributed by atoms with E-state index < -0.39 is 5.60 Å². The van der Waals surface area contributed by atoms with Crippen LogP contribution in [0.4, 0.5) is 0 Å². The van der Waals surface area contributed by atoms with E-state index in [1.54, 1.807) is 0 Å². The summed E-state index contributed by atoms with van der Waals surface area (Å²) in [4.78, 5) is 11.8. The Morgan fingerprint density at radius 1 is 1.56 bits per heavy atom. The molecule has 0 amide bonds. The minimum atomic E-state index is -1.40. The number of unbranched alkanes of at least 4 members (excludes halogenated alkanes) is 2. The molecular formula is C12H17NO3. The van der Waals surface area contributed by atoms with Crippen molar-refractivity contribution in [3.63, 3.8) is 0 Å². The largest absolute Gasteiger partial charge is 0.498 e. The Balaban J connectivity index is 4.43. The van der Waals surface area contributed by atoms with Crippen molar-refractivity contribution >= 4 is 5.78 Å². The summed E-state index contributed by atoms with van der Waals surface area (Å²) in [6.07, 6.45) is 8.13. The molecule has 0 saturated carbocycles. The van der Waals surface area contributed by atoms with Gasteiger partial charge in [-0.2, -0.15) is 0 Å². The molecule has 1 atom stereocenters. The van der Waals surface area contributed by atoms with Crippen molar-refractivity contribution in [2.24, 2.45) is 0 Å². The van der Waals surface area contributed by atoms with Crippen LogP contribution in [0.3, 0.4) is 0 Å². The number of nitrogens with zero attached hydrogens (tertiary/aromatic N) is 1. The van der Waals surface area contributed by atoms with Gasteiger partial charge in [-0.05, 0) is 13.3 Å². The maximum atomic E-state index is 11.8. The number of hydrogen-bond acceptors (Lipinski definition) is 3. The van der Waals surface area contributed by atoms with Gasteiger partial charge < -0.3 is 9.94 Å². The third kappa shape index (κ3) is 4.82. The highest BCUT2D eigenvalue weighted by Gasteiger charge is 2.37. The summed E-state index contributed by atoms with van der Waals surface area (Å²) in [6, 6.07) is 2.12. The highest BCUT2D eigenvalue weighted by Crippen LogP contribution is 2.15. The molecule has 0 saturated heterocycles. The molecule has 0 aromatic heterocycles. The standard InChI is InChI=1S/C12H17NO3/c1-4-6-7-8-11(14)12(3,10-13-15)16-9-5-2/h2H,4,6-9H2,1,3H3. The van der Waals surface area contributed by atoms with Gasteiger partial charge in [-0.1, -0.05) is 25.7 Å². The summed E-state index contributed by atoms with van der Waals surface area (Å²) in [5.41, 5.74) is -1.40. The quantitative estimate of drug-likeness (QED) is 0.378. The second-order valence-corrected chi connectivity index (χ2v) is 3.61. The summed E-state index contributed by atoms with van der Waals surface area (Å²) in [5, 5.41) is 12.7. The van der Waals surface area contributed by atoms with E-state index in [9.17, 15) is 10.0 Å². The number of ketones is 1. The van der Waals surface area contributed by atoms with Crippen molar-refractivity contribution < 1.29 is 9.53 Å². The predicted octanol–water partition coefficient (Wildman–Crippen LogP) is 2.38. The number of terminal acetylenes is 1. The fraction of sp³-hybridized carbons (Fsp3) is 0.667. The fourth-order valence-electron chi connectivity index (χ4n) is 1.22. The average molecular weight is 223 g/mol. The van der Waals surface area contributed by atoms with E-state index in [4.69, 9.17) is 11.2 Å².